The van der Waals surface area contributed by atoms with E-state index in [-0.39, 0.29) is 16.6 Å². The summed E-state index contributed by atoms with van der Waals surface area (Å²) in [5, 5.41) is 0. The molecular weight excluding hydrogens is 769 g/mol. The van der Waals surface area contributed by atoms with Gasteiger partial charge in [-0.3, -0.25) is 0 Å². The van der Waals surface area contributed by atoms with Crippen molar-refractivity contribution in [2.45, 2.75) is 118 Å². The smallest absolute Gasteiger partial charge is 0.217 e. The molecule has 0 fully saturated rings. The fourth-order valence-corrected chi connectivity index (χ4v) is 7.76. The fourth-order valence-electron chi connectivity index (χ4n) is 7.76. The van der Waals surface area contributed by atoms with Crippen molar-refractivity contribution in [3.05, 3.63) is 208 Å². The molecule has 0 bridgehead atoms. The second-order valence-corrected chi connectivity index (χ2v) is 17.3. The van der Waals surface area contributed by atoms with Crippen LogP contribution in [0.1, 0.15) is 151 Å². The van der Waals surface area contributed by atoms with Crippen LogP contribution in [0.4, 0.5) is 0 Å². The first-order valence-corrected chi connectivity index (χ1v) is 22.6. The van der Waals surface area contributed by atoms with Crippen molar-refractivity contribution in [3.8, 4) is 23.5 Å². The molecule has 1 aliphatic carbocycles. The van der Waals surface area contributed by atoms with Gasteiger partial charge in [0.2, 0.25) is 5.76 Å². The van der Waals surface area contributed by atoms with Gasteiger partial charge in [0, 0.05) is 11.1 Å². The first kappa shape index (κ1) is 49.5. The maximum atomic E-state index is 12.0. The van der Waals surface area contributed by atoms with Gasteiger partial charge in [0.1, 0.15) is 11.9 Å². The van der Waals surface area contributed by atoms with Gasteiger partial charge in [-0.1, -0.05) is 248 Å². The highest BCUT2D eigenvalue weighted by atomic mass is 16.5. The van der Waals surface area contributed by atoms with Gasteiger partial charge in [0.05, 0.1) is 12.0 Å². The topological polar surface area (TPSA) is 35.5 Å². The van der Waals surface area contributed by atoms with E-state index in [0.29, 0.717) is 17.9 Å². The molecule has 0 amide bonds. The summed E-state index contributed by atoms with van der Waals surface area (Å²) in [6.07, 6.45) is 6.72. The first-order valence-electron chi connectivity index (χ1n) is 22.6. The molecule has 3 heteroatoms. The molecule has 1 atom stereocenters. The van der Waals surface area contributed by atoms with Crippen LogP contribution in [0, 0.1) is 12.3 Å². The van der Waals surface area contributed by atoms with Gasteiger partial charge in [-0.25, -0.2) is 4.79 Å². The Kier molecular flexibility index (Phi) is 17.5. The molecule has 0 saturated heterocycles. The summed E-state index contributed by atoms with van der Waals surface area (Å²) in [5.41, 5.74) is 12.3. The van der Waals surface area contributed by atoms with Gasteiger partial charge in [-0.05, 0) is 66.5 Å². The molecule has 7 rings (SSSR count). The molecule has 0 saturated carbocycles. The van der Waals surface area contributed by atoms with Crippen molar-refractivity contribution in [1.82, 2.24) is 0 Å². The largest absolute Gasteiger partial charge is 0.445 e. The Labute approximate surface area is 379 Å². The number of benzene rings is 6. The molecule has 6 aromatic rings. The molecule has 1 unspecified atom stereocenters. The van der Waals surface area contributed by atoms with E-state index >= 15 is 0 Å². The molecule has 326 valence electrons. The third kappa shape index (κ3) is 11.1. The van der Waals surface area contributed by atoms with Crippen LogP contribution >= 0.6 is 0 Å². The highest BCUT2D eigenvalue weighted by Gasteiger charge is 2.47. The van der Waals surface area contributed by atoms with E-state index in [0.717, 1.165) is 27.8 Å². The molecule has 1 aliphatic rings. The van der Waals surface area contributed by atoms with Gasteiger partial charge < -0.3 is 9.47 Å². The van der Waals surface area contributed by atoms with Gasteiger partial charge >= 0.3 is 0 Å². The Balaban J connectivity index is 0.00000118. The van der Waals surface area contributed by atoms with E-state index in [1.165, 1.54) is 39.8 Å². The zero-order valence-corrected chi connectivity index (χ0v) is 39.9. The van der Waals surface area contributed by atoms with Crippen LogP contribution in [0.15, 0.2) is 152 Å². The number of fused-ring (bicyclic) bond motifs is 3. The van der Waals surface area contributed by atoms with Gasteiger partial charge in [0.25, 0.3) is 0 Å². The zero-order valence-electron chi connectivity index (χ0n) is 39.9. The fraction of sp³-hybridized carbons (Fsp3) is 0.300. The number of carbonyl (C=O) groups excluding carboxylic acids is 1. The van der Waals surface area contributed by atoms with Crippen LogP contribution in [0.25, 0.3) is 22.6 Å². The molecule has 0 heterocycles. The summed E-state index contributed by atoms with van der Waals surface area (Å²) in [6.45, 7) is 30.4. The van der Waals surface area contributed by atoms with Gasteiger partial charge in [-0.15, -0.1) is 6.42 Å². The number of rotatable bonds is 10. The Morgan fingerprint density at radius 2 is 1.08 bits per heavy atom. The summed E-state index contributed by atoms with van der Waals surface area (Å²) < 4.78 is 12.3. The normalized spacial score (nSPS) is 12.4. The second-order valence-electron chi connectivity index (χ2n) is 17.3. The maximum Gasteiger partial charge on any atom is 0.217 e. The van der Waals surface area contributed by atoms with Crippen molar-refractivity contribution in [2.75, 3.05) is 0 Å². The average molecular weight is 837 g/mol. The lowest BCUT2D eigenvalue weighted by atomic mass is 9.66. The molecule has 0 radical (unpaired) electrons. The maximum absolute atomic E-state index is 12.0. The Morgan fingerprint density at radius 1 is 0.635 bits per heavy atom. The van der Waals surface area contributed by atoms with E-state index in [2.05, 4.69) is 141 Å². The van der Waals surface area contributed by atoms with E-state index in [1.807, 2.05) is 106 Å². The summed E-state index contributed by atoms with van der Waals surface area (Å²) in [7, 11) is 0. The molecular formula is C60H68O3. The van der Waals surface area contributed by atoms with E-state index in [9.17, 15) is 4.79 Å². The molecule has 0 aliphatic heterocycles. The number of ether oxygens (including phenoxy) is 2. The molecule has 3 nitrogen and oxygen atoms in total. The van der Waals surface area contributed by atoms with Gasteiger partial charge in [-0.2, -0.15) is 0 Å². The van der Waals surface area contributed by atoms with Crippen molar-refractivity contribution in [2.24, 2.45) is 0 Å². The monoisotopic (exact) mass is 837 g/mol. The third-order valence-electron chi connectivity index (χ3n) is 10.9. The minimum Gasteiger partial charge on any atom is -0.445 e. The Morgan fingerprint density at radius 3 is 1.51 bits per heavy atom. The predicted octanol–water partition coefficient (Wildman–Crippen LogP) is 15.9. The van der Waals surface area contributed by atoms with Crippen LogP contribution in [0.5, 0.6) is 0 Å². The summed E-state index contributed by atoms with van der Waals surface area (Å²) >= 11 is 0. The number of hydrogen-bond acceptors (Lipinski definition) is 3. The van der Waals surface area contributed by atoms with Crippen molar-refractivity contribution in [3.63, 3.8) is 0 Å². The lowest BCUT2D eigenvalue weighted by Crippen LogP contribution is -2.30. The first-order chi connectivity index (χ1) is 30.3. The van der Waals surface area contributed by atoms with Crippen LogP contribution in [-0.4, -0.2) is 5.94 Å². The average Bonchev–Trinajstić information content (AvgIpc) is 3.60. The van der Waals surface area contributed by atoms with Crippen LogP contribution in [0.3, 0.4) is 0 Å². The van der Waals surface area contributed by atoms with Crippen LogP contribution in [-0.2, 0) is 37.1 Å². The molecule has 63 heavy (non-hydrogen) atoms. The van der Waals surface area contributed by atoms with E-state index < -0.39 is 11.5 Å². The molecule has 0 N–H and O–H groups in total. The second kappa shape index (κ2) is 22.3. The lowest BCUT2D eigenvalue weighted by Gasteiger charge is -2.36. The zero-order chi connectivity index (χ0) is 46.4. The van der Waals surface area contributed by atoms with Crippen molar-refractivity contribution < 1.29 is 14.3 Å². The highest BCUT2D eigenvalue weighted by molar-refractivity contribution is 5.88. The van der Waals surface area contributed by atoms with E-state index in [4.69, 9.17) is 15.9 Å². The Hall–Kier alpha value is -6.17. The van der Waals surface area contributed by atoms with Gasteiger partial charge in [0.15, 0.2) is 5.94 Å². The molecule has 0 spiro atoms. The summed E-state index contributed by atoms with van der Waals surface area (Å²) in [5.74, 6) is 5.23. The van der Waals surface area contributed by atoms with Crippen LogP contribution < -0.4 is 0 Å². The number of hydrogen-bond donors (Lipinski definition) is 0. The highest BCUT2D eigenvalue weighted by Crippen LogP contribution is 2.57. The van der Waals surface area contributed by atoms with E-state index in [1.54, 1.807) is 0 Å². The third-order valence-corrected chi connectivity index (χ3v) is 10.9. The lowest BCUT2D eigenvalue weighted by molar-refractivity contribution is 0.0782. The Bertz CT molecular complexity index is 2420. The van der Waals surface area contributed by atoms with Crippen molar-refractivity contribution in [1.29, 1.82) is 0 Å². The summed E-state index contributed by atoms with van der Waals surface area (Å²) in [4.78, 5) is 12.0. The SMILES string of the molecule is C#CC(OCc1ccc(C2(c3ccc(C(=C)OC(=C=O)c4ccccc4)cc3)c3cc(C(C)(C)C)ccc3-c3ccc(C(C)(C)C)cc32)cc1)c1ccccc1.CC.CC.CCC. The van der Waals surface area contributed by atoms with Crippen molar-refractivity contribution >= 4 is 17.5 Å². The van der Waals surface area contributed by atoms with Crippen LogP contribution in [0.2, 0.25) is 0 Å². The predicted molar refractivity (Wildman–Crippen MR) is 268 cm³/mol. The quantitative estimate of drug-likeness (QED) is 0.0782. The summed E-state index contributed by atoms with van der Waals surface area (Å²) in [6, 6.07) is 50.4. The number of terminal acetylenes is 1. The molecule has 0 aromatic heterocycles. The molecule has 6 aromatic carbocycles. The minimum atomic E-state index is -0.656. The standard InChI is InChI=1S/C53H48O3.C3H8.2C2H6/c1-9-49(39-16-12-10-13-17-39)55-35-37-20-24-41(25-21-37)53(42-26-22-38(23-27-42)36(2)56-50(34-54)40-18-14-11-15-19-40)47-32-43(51(3,4)5)28-30-45(47)46-31-29-44(33-48(46)53)52(6,7)8;1-3-2;2*1-2/h1,10-33,49H,2,35H2,3-8H3;3H2,1-2H3;2*1-2H3. The minimum absolute atomic E-state index is 0.0683.